The number of amides is 1. The van der Waals surface area contributed by atoms with Gasteiger partial charge in [0.2, 0.25) is 11.2 Å². The van der Waals surface area contributed by atoms with Gasteiger partial charge in [-0.2, -0.15) is 13.2 Å². The molecule has 0 radical (unpaired) electrons. The van der Waals surface area contributed by atoms with E-state index in [0.29, 0.717) is 5.75 Å². The largest absolute Gasteiger partial charge is 0.484 e. The number of rotatable bonds is 7. The van der Waals surface area contributed by atoms with Crippen LogP contribution in [-0.4, -0.2) is 12.5 Å². The molecule has 1 aromatic heterocycles. The van der Waals surface area contributed by atoms with Crippen molar-refractivity contribution in [1.29, 1.82) is 0 Å². The Balaban J connectivity index is 1.46. The molecule has 3 aromatic carbocycles. The van der Waals surface area contributed by atoms with E-state index in [9.17, 15) is 22.8 Å². The third kappa shape index (κ3) is 6.06. The van der Waals surface area contributed by atoms with Gasteiger partial charge >= 0.3 is 6.18 Å². The van der Waals surface area contributed by atoms with E-state index in [-0.39, 0.29) is 44.5 Å². The van der Waals surface area contributed by atoms with Crippen LogP contribution in [0.5, 0.6) is 17.2 Å². The van der Waals surface area contributed by atoms with Crippen molar-refractivity contribution in [2.75, 3.05) is 11.9 Å². The third-order valence-electron chi connectivity index (χ3n) is 5.41. The van der Waals surface area contributed by atoms with E-state index in [1.54, 1.807) is 6.07 Å². The Hall–Kier alpha value is -3.98. The molecule has 4 aromatic rings. The molecule has 0 fully saturated rings. The first kappa shape index (κ1) is 26.1. The van der Waals surface area contributed by atoms with Crippen molar-refractivity contribution in [3.63, 3.8) is 0 Å². The molecule has 6 nitrogen and oxygen atoms in total. The zero-order valence-electron chi connectivity index (χ0n) is 19.7. The lowest BCUT2D eigenvalue weighted by molar-refractivity contribution is -0.137. The summed E-state index contributed by atoms with van der Waals surface area (Å²) >= 11 is 5.90. The van der Waals surface area contributed by atoms with E-state index in [0.717, 1.165) is 23.8 Å². The van der Waals surface area contributed by atoms with Crippen molar-refractivity contribution in [1.82, 2.24) is 0 Å². The third-order valence-corrected chi connectivity index (χ3v) is 5.74. The molecule has 4 rings (SSSR count). The van der Waals surface area contributed by atoms with Gasteiger partial charge in [0, 0.05) is 6.07 Å². The highest BCUT2D eigenvalue weighted by molar-refractivity contribution is 6.33. The lowest BCUT2D eigenvalue weighted by atomic mass is 10.0. The number of benzene rings is 3. The van der Waals surface area contributed by atoms with Gasteiger partial charge in [-0.25, -0.2) is 0 Å². The van der Waals surface area contributed by atoms with Gasteiger partial charge in [0.25, 0.3) is 5.91 Å². The number of para-hydroxylation sites is 1. The van der Waals surface area contributed by atoms with E-state index < -0.39 is 24.3 Å². The number of alkyl halides is 3. The molecular formula is C27H21ClF3NO5. The van der Waals surface area contributed by atoms with E-state index in [2.05, 4.69) is 5.32 Å². The van der Waals surface area contributed by atoms with Crippen molar-refractivity contribution in [3.05, 3.63) is 93.3 Å². The molecule has 192 valence electrons. The summed E-state index contributed by atoms with van der Waals surface area (Å²) in [7, 11) is 0. The molecule has 0 bridgehead atoms. The number of halogens is 4. The Morgan fingerprint density at radius 2 is 1.81 bits per heavy atom. The average molecular weight is 532 g/mol. The number of carbonyl (C=O) groups is 1. The van der Waals surface area contributed by atoms with Crippen LogP contribution < -0.4 is 20.2 Å². The first-order chi connectivity index (χ1) is 17.5. The molecule has 0 saturated carbocycles. The van der Waals surface area contributed by atoms with Gasteiger partial charge in [-0.1, -0.05) is 43.6 Å². The van der Waals surface area contributed by atoms with E-state index in [1.807, 2.05) is 32.0 Å². The van der Waals surface area contributed by atoms with Crippen molar-refractivity contribution in [3.8, 4) is 17.2 Å². The standard InChI is InChI=1S/C27H21ClF3NO5/c1-15(2)18-5-3-4-6-22(18)37-24-13-36-23-12-17(8-9-19(23)26(24)34)35-14-25(33)32-21-11-16(27(29,30)31)7-10-20(21)28/h3-13,15H,14H2,1-2H3,(H,32,33). The number of anilines is 1. The zero-order chi connectivity index (χ0) is 26.7. The summed E-state index contributed by atoms with van der Waals surface area (Å²) in [4.78, 5) is 25.2. The quantitative estimate of drug-likeness (QED) is 0.269. The Kier molecular flexibility index (Phi) is 7.45. The van der Waals surface area contributed by atoms with E-state index in [4.69, 9.17) is 25.5 Å². The van der Waals surface area contributed by atoms with Gasteiger partial charge in [0.05, 0.1) is 21.7 Å². The lowest BCUT2D eigenvalue weighted by Gasteiger charge is -2.13. The maximum Gasteiger partial charge on any atom is 0.416 e. The summed E-state index contributed by atoms with van der Waals surface area (Å²) in [5.74, 6) is 0.239. The summed E-state index contributed by atoms with van der Waals surface area (Å²) in [6.07, 6.45) is -3.38. The second-order valence-corrected chi connectivity index (χ2v) is 8.82. The number of nitrogens with one attached hydrogen (secondary N) is 1. The summed E-state index contributed by atoms with van der Waals surface area (Å²) < 4.78 is 55.6. The monoisotopic (exact) mass is 531 g/mol. The maximum absolute atomic E-state index is 12.9. The van der Waals surface area contributed by atoms with Crippen LogP contribution in [0, 0.1) is 0 Å². The molecule has 1 amide bonds. The Morgan fingerprint density at radius 1 is 1.05 bits per heavy atom. The minimum absolute atomic E-state index is 0.0200. The molecule has 0 saturated heterocycles. The van der Waals surface area contributed by atoms with Crippen LogP contribution in [0.25, 0.3) is 11.0 Å². The van der Waals surface area contributed by atoms with Crippen LogP contribution >= 0.6 is 11.6 Å². The Bertz CT molecular complexity index is 1510. The molecule has 0 spiro atoms. The molecule has 1 N–H and O–H groups in total. The lowest BCUT2D eigenvalue weighted by Crippen LogP contribution is -2.20. The Labute approximate surface area is 214 Å². The number of ether oxygens (including phenoxy) is 2. The fraction of sp³-hybridized carbons (Fsp3) is 0.185. The number of fused-ring (bicyclic) bond motifs is 1. The van der Waals surface area contributed by atoms with E-state index >= 15 is 0 Å². The minimum atomic E-state index is -4.59. The van der Waals surface area contributed by atoms with Gasteiger partial charge in [-0.15, -0.1) is 0 Å². The highest BCUT2D eigenvalue weighted by atomic mass is 35.5. The SMILES string of the molecule is CC(C)c1ccccc1Oc1coc2cc(OCC(=O)Nc3cc(C(F)(F)F)ccc3Cl)ccc2c1=O. The normalized spacial score (nSPS) is 11.5. The zero-order valence-corrected chi connectivity index (χ0v) is 20.4. The van der Waals surface area contributed by atoms with Gasteiger partial charge in [0.15, 0.2) is 6.61 Å². The number of hydrogen-bond acceptors (Lipinski definition) is 5. The van der Waals surface area contributed by atoms with Crippen LogP contribution in [0.15, 0.2) is 76.1 Å². The van der Waals surface area contributed by atoms with E-state index in [1.165, 1.54) is 24.5 Å². The summed E-state index contributed by atoms with van der Waals surface area (Å²) in [6, 6.07) is 14.4. The molecule has 0 aliphatic heterocycles. The summed E-state index contributed by atoms with van der Waals surface area (Å²) in [6.45, 7) is 3.51. The maximum atomic E-state index is 12.9. The first-order valence-corrected chi connectivity index (χ1v) is 11.5. The van der Waals surface area contributed by atoms with Crippen molar-refractivity contribution in [2.45, 2.75) is 25.9 Å². The fourth-order valence-corrected chi connectivity index (χ4v) is 3.72. The molecule has 0 aliphatic carbocycles. The first-order valence-electron chi connectivity index (χ1n) is 11.1. The predicted molar refractivity (Wildman–Crippen MR) is 134 cm³/mol. The van der Waals surface area contributed by atoms with Crippen LogP contribution in [-0.2, 0) is 11.0 Å². The second-order valence-electron chi connectivity index (χ2n) is 8.41. The summed E-state index contributed by atoms with van der Waals surface area (Å²) in [5.41, 5.74) is -0.387. The van der Waals surface area contributed by atoms with Crippen molar-refractivity contribution < 1.29 is 31.9 Å². The van der Waals surface area contributed by atoms with Gasteiger partial charge in [-0.3, -0.25) is 9.59 Å². The van der Waals surface area contributed by atoms with Crippen LogP contribution in [0.3, 0.4) is 0 Å². The molecule has 0 atom stereocenters. The predicted octanol–water partition coefficient (Wildman–Crippen LogP) is 7.40. The van der Waals surface area contributed by atoms with Crippen LogP contribution in [0.1, 0.15) is 30.9 Å². The van der Waals surface area contributed by atoms with Crippen LogP contribution in [0.4, 0.5) is 18.9 Å². The topological polar surface area (TPSA) is 77.8 Å². The Morgan fingerprint density at radius 3 is 2.54 bits per heavy atom. The fourth-order valence-electron chi connectivity index (χ4n) is 3.55. The molecule has 10 heteroatoms. The van der Waals surface area contributed by atoms with Gasteiger partial charge < -0.3 is 19.2 Å². The average Bonchev–Trinajstić information content (AvgIpc) is 2.85. The molecule has 0 aliphatic rings. The second kappa shape index (κ2) is 10.6. The van der Waals surface area contributed by atoms with Gasteiger partial charge in [-0.05, 0) is 47.9 Å². The highest BCUT2D eigenvalue weighted by Crippen LogP contribution is 2.34. The molecule has 0 unspecified atom stereocenters. The smallest absolute Gasteiger partial charge is 0.416 e. The van der Waals surface area contributed by atoms with Crippen LogP contribution in [0.2, 0.25) is 5.02 Å². The molecule has 37 heavy (non-hydrogen) atoms. The number of hydrogen-bond donors (Lipinski definition) is 1. The highest BCUT2D eigenvalue weighted by Gasteiger charge is 2.31. The van der Waals surface area contributed by atoms with Crippen molar-refractivity contribution in [2.24, 2.45) is 0 Å². The number of carbonyl (C=O) groups excluding carboxylic acids is 1. The molecule has 1 heterocycles. The van der Waals surface area contributed by atoms with Gasteiger partial charge in [0.1, 0.15) is 23.3 Å². The minimum Gasteiger partial charge on any atom is -0.484 e. The van der Waals surface area contributed by atoms with Crippen molar-refractivity contribution >= 4 is 34.2 Å². The molecular weight excluding hydrogens is 511 g/mol. The summed E-state index contributed by atoms with van der Waals surface area (Å²) in [5, 5.41) is 2.49.